The molecule has 2 aliphatic carbocycles. The van der Waals surface area contributed by atoms with Gasteiger partial charge in [-0.1, -0.05) is 12.8 Å². The van der Waals surface area contributed by atoms with Gasteiger partial charge in [0.2, 0.25) is 0 Å². The van der Waals surface area contributed by atoms with Crippen LogP contribution in [0, 0.1) is 6.92 Å². The van der Waals surface area contributed by atoms with E-state index >= 15 is 0 Å². The quantitative estimate of drug-likeness (QED) is 0.844. The summed E-state index contributed by atoms with van der Waals surface area (Å²) in [5, 5.41) is 3.45. The minimum absolute atomic E-state index is 0.261. The van der Waals surface area contributed by atoms with Crippen LogP contribution in [-0.4, -0.2) is 20.0 Å². The SMILES string of the molecule is Cc1cc(S(=O)(=O)NC2(C)CCCC2)sc1CNC1CC1. The Morgan fingerprint density at radius 1 is 1.33 bits per heavy atom. The Hall–Kier alpha value is -0.430. The molecule has 1 aromatic heterocycles. The first kappa shape index (κ1) is 15.5. The average molecular weight is 329 g/mol. The third-order valence-electron chi connectivity index (χ3n) is 4.48. The smallest absolute Gasteiger partial charge is 0.250 e. The van der Waals surface area contributed by atoms with Crippen molar-refractivity contribution in [2.75, 3.05) is 0 Å². The molecule has 0 unspecified atom stereocenters. The molecule has 0 amide bonds. The lowest BCUT2D eigenvalue weighted by molar-refractivity contribution is 0.428. The lowest BCUT2D eigenvalue weighted by atomic mass is 10.0. The minimum atomic E-state index is -3.39. The van der Waals surface area contributed by atoms with Gasteiger partial charge in [-0.25, -0.2) is 13.1 Å². The van der Waals surface area contributed by atoms with E-state index in [2.05, 4.69) is 10.0 Å². The van der Waals surface area contributed by atoms with E-state index in [4.69, 9.17) is 0 Å². The fourth-order valence-electron chi connectivity index (χ4n) is 2.95. The molecule has 0 bridgehead atoms. The average Bonchev–Trinajstić information content (AvgIpc) is 3.02. The van der Waals surface area contributed by atoms with Gasteiger partial charge in [-0.05, 0) is 51.2 Å². The Bertz CT molecular complexity index is 612. The summed E-state index contributed by atoms with van der Waals surface area (Å²) in [6.07, 6.45) is 6.59. The van der Waals surface area contributed by atoms with Gasteiger partial charge in [0.1, 0.15) is 4.21 Å². The summed E-state index contributed by atoms with van der Waals surface area (Å²) in [4.78, 5) is 1.14. The van der Waals surface area contributed by atoms with Gasteiger partial charge >= 0.3 is 0 Å². The fraction of sp³-hybridized carbons (Fsp3) is 0.733. The first-order chi connectivity index (χ1) is 9.88. The van der Waals surface area contributed by atoms with Crippen molar-refractivity contribution < 1.29 is 8.42 Å². The largest absolute Gasteiger partial charge is 0.309 e. The molecule has 21 heavy (non-hydrogen) atoms. The fourth-order valence-corrected chi connectivity index (χ4v) is 5.96. The topological polar surface area (TPSA) is 58.2 Å². The second kappa shape index (κ2) is 5.65. The van der Waals surface area contributed by atoms with Gasteiger partial charge in [-0.2, -0.15) is 0 Å². The van der Waals surface area contributed by atoms with Gasteiger partial charge in [0, 0.05) is 23.0 Å². The van der Waals surface area contributed by atoms with Crippen molar-refractivity contribution in [3.05, 3.63) is 16.5 Å². The molecule has 6 heteroatoms. The summed E-state index contributed by atoms with van der Waals surface area (Å²) >= 11 is 1.41. The van der Waals surface area contributed by atoms with Crippen LogP contribution in [0.25, 0.3) is 0 Å². The van der Waals surface area contributed by atoms with Crippen molar-refractivity contribution >= 4 is 21.4 Å². The monoisotopic (exact) mass is 328 g/mol. The molecule has 0 spiro atoms. The zero-order valence-electron chi connectivity index (χ0n) is 12.7. The normalized spacial score (nSPS) is 21.8. The lowest BCUT2D eigenvalue weighted by Gasteiger charge is -2.24. The summed E-state index contributed by atoms with van der Waals surface area (Å²) in [6.45, 7) is 4.80. The Morgan fingerprint density at radius 3 is 2.62 bits per heavy atom. The van der Waals surface area contributed by atoms with Crippen LogP contribution in [0.3, 0.4) is 0 Å². The maximum atomic E-state index is 12.6. The Balaban J connectivity index is 1.73. The molecule has 1 heterocycles. The van der Waals surface area contributed by atoms with Gasteiger partial charge < -0.3 is 5.32 Å². The highest BCUT2D eigenvalue weighted by Crippen LogP contribution is 2.33. The van der Waals surface area contributed by atoms with Crippen molar-refractivity contribution in [2.24, 2.45) is 0 Å². The Kier molecular flexibility index (Phi) is 4.16. The molecule has 0 saturated heterocycles. The highest BCUT2D eigenvalue weighted by molar-refractivity contribution is 7.91. The van der Waals surface area contributed by atoms with Crippen LogP contribution in [0.2, 0.25) is 0 Å². The zero-order valence-corrected chi connectivity index (χ0v) is 14.4. The van der Waals surface area contributed by atoms with E-state index < -0.39 is 10.0 Å². The molecule has 118 valence electrons. The van der Waals surface area contributed by atoms with Gasteiger partial charge in [-0.3, -0.25) is 0 Å². The number of thiophene rings is 1. The molecule has 1 aromatic rings. The standard InChI is InChI=1S/C15H24N2O2S2/c1-11-9-14(20-13(11)10-16-12-5-6-12)21(18,19)17-15(2)7-3-4-8-15/h9,12,16-17H,3-8,10H2,1-2H3. The van der Waals surface area contributed by atoms with Gasteiger partial charge in [0.05, 0.1) is 0 Å². The summed E-state index contributed by atoms with van der Waals surface area (Å²) in [6, 6.07) is 2.46. The van der Waals surface area contributed by atoms with Crippen molar-refractivity contribution in [1.82, 2.24) is 10.0 Å². The van der Waals surface area contributed by atoms with Crippen LogP contribution in [-0.2, 0) is 16.6 Å². The molecule has 2 aliphatic rings. The summed E-state index contributed by atoms with van der Waals surface area (Å²) in [5.41, 5.74) is 0.813. The van der Waals surface area contributed by atoms with E-state index in [1.807, 2.05) is 19.9 Å². The van der Waals surface area contributed by atoms with Crippen molar-refractivity contribution in [1.29, 1.82) is 0 Å². The third kappa shape index (κ3) is 3.67. The molecule has 0 aromatic carbocycles. The molecule has 0 radical (unpaired) electrons. The van der Waals surface area contributed by atoms with Crippen molar-refractivity contribution in [3.8, 4) is 0 Å². The van der Waals surface area contributed by atoms with Crippen LogP contribution < -0.4 is 10.0 Å². The number of aryl methyl sites for hydroxylation is 1. The third-order valence-corrected chi connectivity index (χ3v) is 7.83. The number of rotatable bonds is 6. The van der Waals surface area contributed by atoms with E-state index in [9.17, 15) is 8.42 Å². The van der Waals surface area contributed by atoms with Crippen LogP contribution in [0.1, 0.15) is 55.9 Å². The molecular weight excluding hydrogens is 304 g/mol. The van der Waals surface area contributed by atoms with E-state index in [1.165, 1.54) is 24.2 Å². The molecule has 2 N–H and O–H groups in total. The van der Waals surface area contributed by atoms with Gasteiger partial charge in [0.25, 0.3) is 10.0 Å². The van der Waals surface area contributed by atoms with Crippen LogP contribution >= 0.6 is 11.3 Å². The highest BCUT2D eigenvalue weighted by Gasteiger charge is 2.34. The van der Waals surface area contributed by atoms with E-state index in [1.54, 1.807) is 0 Å². The maximum absolute atomic E-state index is 12.6. The molecular formula is C15H24N2O2S2. The van der Waals surface area contributed by atoms with Gasteiger partial charge in [0.15, 0.2) is 0 Å². The molecule has 4 nitrogen and oxygen atoms in total. The van der Waals surface area contributed by atoms with Crippen LogP contribution in [0.15, 0.2) is 10.3 Å². The number of nitrogens with one attached hydrogen (secondary N) is 2. The predicted molar refractivity (Wildman–Crippen MR) is 86.1 cm³/mol. The minimum Gasteiger partial charge on any atom is -0.309 e. The second-order valence-electron chi connectivity index (χ2n) is 6.70. The van der Waals surface area contributed by atoms with E-state index in [-0.39, 0.29) is 5.54 Å². The summed E-state index contributed by atoms with van der Waals surface area (Å²) < 4.78 is 28.6. The number of hydrogen-bond acceptors (Lipinski definition) is 4. The summed E-state index contributed by atoms with van der Waals surface area (Å²) in [7, 11) is -3.39. The molecule has 2 saturated carbocycles. The van der Waals surface area contributed by atoms with E-state index in [0.29, 0.717) is 10.3 Å². The molecule has 2 fully saturated rings. The molecule has 0 atom stereocenters. The number of hydrogen-bond donors (Lipinski definition) is 2. The second-order valence-corrected chi connectivity index (χ2v) is 9.75. The first-order valence-electron chi connectivity index (χ1n) is 7.75. The van der Waals surface area contributed by atoms with Gasteiger partial charge in [-0.15, -0.1) is 11.3 Å². The van der Waals surface area contributed by atoms with Crippen LogP contribution in [0.4, 0.5) is 0 Å². The van der Waals surface area contributed by atoms with Crippen molar-refractivity contribution in [2.45, 2.75) is 74.7 Å². The van der Waals surface area contributed by atoms with Crippen LogP contribution in [0.5, 0.6) is 0 Å². The van der Waals surface area contributed by atoms with Crippen molar-refractivity contribution in [3.63, 3.8) is 0 Å². The maximum Gasteiger partial charge on any atom is 0.250 e. The Labute approximate surface area is 131 Å². The highest BCUT2D eigenvalue weighted by atomic mass is 32.2. The molecule has 0 aliphatic heterocycles. The summed E-state index contributed by atoms with van der Waals surface area (Å²) in [5.74, 6) is 0. The lowest BCUT2D eigenvalue weighted by Crippen LogP contribution is -2.43. The first-order valence-corrected chi connectivity index (χ1v) is 10.0. The number of sulfonamides is 1. The van der Waals surface area contributed by atoms with E-state index in [0.717, 1.165) is 42.7 Å². The zero-order chi connectivity index (χ0) is 15.1. The Morgan fingerprint density at radius 2 is 2.00 bits per heavy atom. The molecule has 3 rings (SSSR count). The predicted octanol–water partition coefficient (Wildman–Crippen LogP) is 2.92.